The number of carbonyl (C=O) groups excluding carboxylic acids is 3. The standard InChI is InChI=1S/C18H17N3O3/c1-12-5-4-6-13(11-12)20-18(24)19-9-10-21-16(22)14-7-2-3-8-15(14)17(21)23/h2-8,11H,9-10H2,1H3,(H2,19,20,24). The third-order valence-electron chi connectivity index (χ3n) is 3.78. The Labute approximate surface area is 139 Å². The van der Waals surface area contributed by atoms with Crippen LogP contribution in [0.5, 0.6) is 0 Å². The summed E-state index contributed by atoms with van der Waals surface area (Å²) < 4.78 is 0. The second kappa shape index (κ2) is 6.54. The molecule has 0 spiro atoms. The van der Waals surface area contributed by atoms with Crippen molar-refractivity contribution in [2.75, 3.05) is 18.4 Å². The minimum absolute atomic E-state index is 0.133. The van der Waals surface area contributed by atoms with Gasteiger partial charge in [0, 0.05) is 18.8 Å². The lowest BCUT2D eigenvalue weighted by Crippen LogP contribution is -2.39. The fraction of sp³-hybridized carbons (Fsp3) is 0.167. The van der Waals surface area contributed by atoms with Crippen molar-refractivity contribution in [1.82, 2.24) is 10.2 Å². The molecule has 1 heterocycles. The summed E-state index contributed by atoms with van der Waals surface area (Å²) >= 11 is 0. The van der Waals surface area contributed by atoms with Gasteiger partial charge in [-0.15, -0.1) is 0 Å². The van der Waals surface area contributed by atoms with Gasteiger partial charge in [-0.25, -0.2) is 4.79 Å². The first-order chi connectivity index (χ1) is 11.6. The molecule has 0 aromatic heterocycles. The molecule has 0 saturated carbocycles. The van der Waals surface area contributed by atoms with Crippen LogP contribution in [0.3, 0.4) is 0 Å². The first kappa shape index (κ1) is 15.7. The van der Waals surface area contributed by atoms with Crippen LogP contribution in [0.15, 0.2) is 48.5 Å². The van der Waals surface area contributed by atoms with Gasteiger partial charge in [-0.3, -0.25) is 14.5 Å². The molecule has 2 aromatic rings. The summed E-state index contributed by atoms with van der Waals surface area (Å²) in [7, 11) is 0. The van der Waals surface area contributed by atoms with Crippen molar-refractivity contribution in [2.45, 2.75) is 6.92 Å². The lowest BCUT2D eigenvalue weighted by molar-refractivity contribution is 0.0656. The van der Waals surface area contributed by atoms with E-state index in [1.807, 2.05) is 25.1 Å². The number of benzene rings is 2. The van der Waals surface area contributed by atoms with Crippen molar-refractivity contribution in [2.24, 2.45) is 0 Å². The zero-order valence-corrected chi connectivity index (χ0v) is 13.2. The van der Waals surface area contributed by atoms with Crippen LogP contribution in [0.2, 0.25) is 0 Å². The van der Waals surface area contributed by atoms with Crippen molar-refractivity contribution in [1.29, 1.82) is 0 Å². The molecule has 24 heavy (non-hydrogen) atoms. The molecule has 1 aliphatic heterocycles. The second-order valence-corrected chi connectivity index (χ2v) is 5.56. The SMILES string of the molecule is Cc1cccc(NC(=O)NCCN2C(=O)c3ccccc3C2=O)c1. The van der Waals surface area contributed by atoms with E-state index in [0.29, 0.717) is 16.8 Å². The Hall–Kier alpha value is -3.15. The predicted octanol–water partition coefficient (Wildman–Crippen LogP) is 2.41. The molecule has 0 saturated heterocycles. The molecule has 122 valence electrons. The number of hydrogen-bond donors (Lipinski definition) is 2. The Kier molecular flexibility index (Phi) is 4.29. The average molecular weight is 323 g/mol. The number of hydrogen-bond acceptors (Lipinski definition) is 3. The van der Waals surface area contributed by atoms with Crippen LogP contribution in [-0.2, 0) is 0 Å². The number of carbonyl (C=O) groups is 3. The first-order valence-electron chi connectivity index (χ1n) is 7.63. The molecule has 1 aliphatic rings. The van der Waals surface area contributed by atoms with Crippen LogP contribution < -0.4 is 10.6 Å². The number of imide groups is 1. The lowest BCUT2D eigenvalue weighted by Gasteiger charge is -2.14. The first-order valence-corrected chi connectivity index (χ1v) is 7.63. The van der Waals surface area contributed by atoms with Crippen LogP contribution in [0.4, 0.5) is 10.5 Å². The number of nitrogens with zero attached hydrogens (tertiary/aromatic N) is 1. The Morgan fingerprint density at radius 3 is 2.29 bits per heavy atom. The summed E-state index contributed by atoms with van der Waals surface area (Å²) in [6, 6.07) is 13.8. The van der Waals surface area contributed by atoms with Crippen molar-refractivity contribution in [3.8, 4) is 0 Å². The molecule has 2 aromatic carbocycles. The number of anilines is 1. The zero-order valence-electron chi connectivity index (χ0n) is 13.2. The summed E-state index contributed by atoms with van der Waals surface area (Å²) in [4.78, 5) is 37.4. The predicted molar refractivity (Wildman–Crippen MR) is 90.0 cm³/mol. The number of fused-ring (bicyclic) bond motifs is 1. The van der Waals surface area contributed by atoms with Gasteiger partial charge in [-0.05, 0) is 36.8 Å². The van der Waals surface area contributed by atoms with E-state index in [2.05, 4.69) is 10.6 Å². The van der Waals surface area contributed by atoms with Crippen LogP contribution in [0, 0.1) is 6.92 Å². The third-order valence-corrected chi connectivity index (χ3v) is 3.78. The highest BCUT2D eigenvalue weighted by atomic mass is 16.2. The molecule has 2 N–H and O–H groups in total. The molecule has 6 heteroatoms. The minimum atomic E-state index is -0.378. The fourth-order valence-corrected chi connectivity index (χ4v) is 2.62. The molecule has 0 bridgehead atoms. The Balaban J connectivity index is 1.53. The van der Waals surface area contributed by atoms with Gasteiger partial charge in [0.1, 0.15) is 0 Å². The monoisotopic (exact) mass is 323 g/mol. The number of aryl methyl sites for hydroxylation is 1. The normalized spacial score (nSPS) is 13.0. The number of urea groups is 1. The maximum atomic E-state index is 12.2. The maximum absolute atomic E-state index is 12.2. The molecule has 0 fully saturated rings. The van der Waals surface area contributed by atoms with E-state index in [1.54, 1.807) is 30.3 Å². The second-order valence-electron chi connectivity index (χ2n) is 5.56. The van der Waals surface area contributed by atoms with Gasteiger partial charge in [-0.1, -0.05) is 24.3 Å². The van der Waals surface area contributed by atoms with Crippen molar-refractivity contribution < 1.29 is 14.4 Å². The molecule has 0 radical (unpaired) electrons. The Morgan fingerprint density at radius 2 is 1.67 bits per heavy atom. The highest BCUT2D eigenvalue weighted by molar-refractivity contribution is 6.21. The van der Waals surface area contributed by atoms with Crippen molar-refractivity contribution in [3.05, 3.63) is 65.2 Å². The van der Waals surface area contributed by atoms with E-state index in [1.165, 1.54) is 0 Å². The van der Waals surface area contributed by atoms with E-state index < -0.39 is 0 Å². The number of rotatable bonds is 4. The molecule has 3 rings (SSSR count). The molecule has 4 amide bonds. The van der Waals surface area contributed by atoms with Gasteiger partial charge in [0.15, 0.2) is 0 Å². The van der Waals surface area contributed by atoms with Gasteiger partial charge in [0.25, 0.3) is 11.8 Å². The Bertz CT molecular complexity index is 782. The summed E-state index contributed by atoms with van der Waals surface area (Å²) in [5.74, 6) is -0.645. The smallest absolute Gasteiger partial charge is 0.319 e. The van der Waals surface area contributed by atoms with Gasteiger partial charge < -0.3 is 10.6 Å². The minimum Gasteiger partial charge on any atom is -0.336 e. The fourth-order valence-electron chi connectivity index (χ4n) is 2.62. The maximum Gasteiger partial charge on any atom is 0.319 e. The number of amides is 4. The van der Waals surface area contributed by atoms with Crippen molar-refractivity contribution in [3.63, 3.8) is 0 Å². The molecule has 0 aliphatic carbocycles. The lowest BCUT2D eigenvalue weighted by atomic mass is 10.1. The van der Waals surface area contributed by atoms with Crippen LogP contribution in [0.25, 0.3) is 0 Å². The topological polar surface area (TPSA) is 78.5 Å². The summed E-state index contributed by atoms with van der Waals surface area (Å²) in [6.45, 7) is 2.25. The van der Waals surface area contributed by atoms with Crippen LogP contribution in [-0.4, -0.2) is 35.8 Å². The van der Waals surface area contributed by atoms with E-state index in [0.717, 1.165) is 10.5 Å². The van der Waals surface area contributed by atoms with Gasteiger partial charge in [0.05, 0.1) is 11.1 Å². The molecule has 0 unspecified atom stereocenters. The van der Waals surface area contributed by atoms with E-state index in [4.69, 9.17) is 0 Å². The van der Waals surface area contributed by atoms with Gasteiger partial charge in [-0.2, -0.15) is 0 Å². The van der Waals surface area contributed by atoms with Crippen molar-refractivity contribution >= 4 is 23.5 Å². The molecular weight excluding hydrogens is 306 g/mol. The van der Waals surface area contributed by atoms with Gasteiger partial charge in [0.2, 0.25) is 0 Å². The zero-order chi connectivity index (χ0) is 17.1. The highest BCUT2D eigenvalue weighted by Gasteiger charge is 2.34. The molecular formula is C18H17N3O3. The molecule has 6 nitrogen and oxygen atoms in total. The molecule has 0 atom stereocenters. The van der Waals surface area contributed by atoms with Gasteiger partial charge >= 0.3 is 6.03 Å². The summed E-state index contributed by atoms with van der Waals surface area (Å²) in [5, 5.41) is 5.36. The van der Waals surface area contributed by atoms with Crippen LogP contribution >= 0.6 is 0 Å². The Morgan fingerprint density at radius 1 is 1.00 bits per heavy atom. The quantitative estimate of drug-likeness (QED) is 0.848. The third kappa shape index (κ3) is 3.12. The number of nitrogens with one attached hydrogen (secondary N) is 2. The summed E-state index contributed by atoms with van der Waals surface area (Å²) in [6.07, 6.45) is 0. The summed E-state index contributed by atoms with van der Waals surface area (Å²) in [5.41, 5.74) is 2.55. The van der Waals surface area contributed by atoms with Crippen LogP contribution in [0.1, 0.15) is 26.3 Å². The van der Waals surface area contributed by atoms with E-state index in [-0.39, 0.29) is 30.9 Å². The van der Waals surface area contributed by atoms with E-state index in [9.17, 15) is 14.4 Å². The van der Waals surface area contributed by atoms with E-state index >= 15 is 0 Å². The largest absolute Gasteiger partial charge is 0.336 e. The average Bonchev–Trinajstić information content (AvgIpc) is 2.80. The highest BCUT2D eigenvalue weighted by Crippen LogP contribution is 2.21.